The van der Waals surface area contributed by atoms with Gasteiger partial charge in [-0.15, -0.1) is 0 Å². The standard InChI is InChI=1S/C9H7NO4/c11-8-2-7-6(3-10-8)5(4-14-7)1-9(12)13/h2-4H,1H2,(H,10,11)(H,12,13). The summed E-state index contributed by atoms with van der Waals surface area (Å²) >= 11 is 0. The van der Waals surface area contributed by atoms with Crippen LogP contribution in [0.25, 0.3) is 11.0 Å². The quantitative estimate of drug-likeness (QED) is 0.737. The summed E-state index contributed by atoms with van der Waals surface area (Å²) in [7, 11) is 0. The number of rotatable bonds is 2. The Labute approximate surface area is 78.0 Å². The molecule has 0 atom stereocenters. The number of aliphatic carboxylic acids is 1. The van der Waals surface area contributed by atoms with E-state index in [2.05, 4.69) is 4.98 Å². The van der Waals surface area contributed by atoms with Crippen molar-refractivity contribution in [1.29, 1.82) is 0 Å². The molecular formula is C9H7NO4. The van der Waals surface area contributed by atoms with Crippen LogP contribution in [-0.4, -0.2) is 16.1 Å². The molecule has 0 saturated heterocycles. The molecule has 0 unspecified atom stereocenters. The average Bonchev–Trinajstić information content (AvgIpc) is 2.47. The maximum Gasteiger partial charge on any atom is 0.307 e. The zero-order chi connectivity index (χ0) is 10.1. The van der Waals surface area contributed by atoms with Gasteiger partial charge in [0.2, 0.25) is 0 Å². The summed E-state index contributed by atoms with van der Waals surface area (Å²) in [6.07, 6.45) is 2.70. The first kappa shape index (κ1) is 8.55. The number of H-pyrrole nitrogens is 1. The third-order valence-corrected chi connectivity index (χ3v) is 1.90. The molecular weight excluding hydrogens is 186 g/mol. The molecule has 5 heteroatoms. The van der Waals surface area contributed by atoms with Gasteiger partial charge < -0.3 is 14.5 Å². The van der Waals surface area contributed by atoms with E-state index in [1.807, 2.05) is 0 Å². The third-order valence-electron chi connectivity index (χ3n) is 1.90. The van der Waals surface area contributed by atoms with Crippen LogP contribution < -0.4 is 5.56 Å². The number of carboxylic acids is 1. The van der Waals surface area contributed by atoms with E-state index < -0.39 is 5.97 Å². The molecule has 2 rings (SSSR count). The van der Waals surface area contributed by atoms with Crippen molar-refractivity contribution in [3.63, 3.8) is 0 Å². The van der Waals surface area contributed by atoms with Crippen molar-refractivity contribution in [2.45, 2.75) is 6.42 Å². The van der Waals surface area contributed by atoms with E-state index >= 15 is 0 Å². The zero-order valence-electron chi connectivity index (χ0n) is 7.11. The number of aromatic nitrogens is 1. The Morgan fingerprint density at radius 3 is 3.07 bits per heavy atom. The van der Waals surface area contributed by atoms with Crippen LogP contribution in [-0.2, 0) is 11.2 Å². The first-order valence-electron chi connectivity index (χ1n) is 3.97. The van der Waals surface area contributed by atoms with Crippen molar-refractivity contribution in [3.8, 4) is 0 Å². The van der Waals surface area contributed by atoms with E-state index in [1.165, 1.54) is 18.5 Å². The fraction of sp³-hybridized carbons (Fsp3) is 0.111. The summed E-state index contributed by atoms with van der Waals surface area (Å²) in [5.41, 5.74) is 0.697. The minimum atomic E-state index is -0.932. The smallest absolute Gasteiger partial charge is 0.307 e. The second-order valence-corrected chi connectivity index (χ2v) is 2.91. The summed E-state index contributed by atoms with van der Waals surface area (Å²) < 4.78 is 5.05. The molecule has 5 nitrogen and oxygen atoms in total. The Morgan fingerprint density at radius 1 is 1.57 bits per heavy atom. The Balaban J connectivity index is 2.58. The number of pyridine rings is 1. The predicted molar refractivity (Wildman–Crippen MR) is 48.2 cm³/mol. The number of aromatic amines is 1. The Hall–Kier alpha value is -2.04. The molecule has 0 spiro atoms. The van der Waals surface area contributed by atoms with Crippen LogP contribution >= 0.6 is 0 Å². The van der Waals surface area contributed by atoms with Crippen molar-refractivity contribution < 1.29 is 14.3 Å². The lowest BCUT2D eigenvalue weighted by atomic mass is 10.1. The van der Waals surface area contributed by atoms with Crippen LogP contribution in [0.1, 0.15) is 5.56 Å². The third kappa shape index (κ3) is 1.39. The van der Waals surface area contributed by atoms with Gasteiger partial charge in [0.25, 0.3) is 5.56 Å². The molecule has 14 heavy (non-hydrogen) atoms. The zero-order valence-corrected chi connectivity index (χ0v) is 7.11. The molecule has 72 valence electrons. The molecule has 0 fully saturated rings. The van der Waals surface area contributed by atoms with Gasteiger partial charge in [0.15, 0.2) is 0 Å². The molecule has 0 aliphatic carbocycles. The lowest BCUT2D eigenvalue weighted by Crippen LogP contribution is -2.02. The highest BCUT2D eigenvalue weighted by atomic mass is 16.4. The second kappa shape index (κ2) is 3.02. The van der Waals surface area contributed by atoms with Gasteiger partial charge in [-0.1, -0.05) is 0 Å². The maximum absolute atomic E-state index is 10.9. The van der Waals surface area contributed by atoms with Gasteiger partial charge in [0, 0.05) is 23.2 Å². The molecule has 2 aromatic rings. The van der Waals surface area contributed by atoms with E-state index in [9.17, 15) is 9.59 Å². The highest BCUT2D eigenvalue weighted by Gasteiger charge is 2.09. The number of hydrogen-bond acceptors (Lipinski definition) is 3. The van der Waals surface area contributed by atoms with Crippen molar-refractivity contribution in [1.82, 2.24) is 4.98 Å². The normalized spacial score (nSPS) is 10.6. The molecule has 0 bridgehead atoms. The highest BCUT2D eigenvalue weighted by Crippen LogP contribution is 2.18. The fourth-order valence-electron chi connectivity index (χ4n) is 1.30. The van der Waals surface area contributed by atoms with Crippen LogP contribution in [0.3, 0.4) is 0 Å². The van der Waals surface area contributed by atoms with Crippen LogP contribution in [0.2, 0.25) is 0 Å². The number of fused-ring (bicyclic) bond motifs is 1. The van der Waals surface area contributed by atoms with Crippen molar-refractivity contribution in [2.24, 2.45) is 0 Å². The first-order valence-corrected chi connectivity index (χ1v) is 3.97. The summed E-state index contributed by atoms with van der Waals surface area (Å²) in [5, 5.41) is 9.22. The Kier molecular flexibility index (Phi) is 1.85. The van der Waals surface area contributed by atoms with E-state index in [1.54, 1.807) is 0 Å². The number of nitrogens with one attached hydrogen (secondary N) is 1. The largest absolute Gasteiger partial charge is 0.481 e. The molecule has 0 amide bonds. The van der Waals surface area contributed by atoms with E-state index in [0.717, 1.165) is 0 Å². The number of furan rings is 1. The molecule has 2 aromatic heterocycles. The topological polar surface area (TPSA) is 83.3 Å². The summed E-state index contributed by atoms with van der Waals surface area (Å²) in [6, 6.07) is 1.29. The number of carbonyl (C=O) groups is 1. The molecule has 0 aromatic carbocycles. The van der Waals surface area contributed by atoms with E-state index in [4.69, 9.17) is 9.52 Å². The molecule has 0 saturated carbocycles. The Morgan fingerprint density at radius 2 is 2.36 bits per heavy atom. The van der Waals surface area contributed by atoms with Gasteiger partial charge in [-0.25, -0.2) is 0 Å². The highest BCUT2D eigenvalue weighted by molar-refractivity contribution is 5.84. The lowest BCUT2D eigenvalue weighted by Gasteiger charge is -1.91. The summed E-state index contributed by atoms with van der Waals surface area (Å²) in [6.45, 7) is 0. The predicted octanol–water partition coefficient (Wildman–Crippen LogP) is 0.748. The van der Waals surface area contributed by atoms with Gasteiger partial charge in [-0.05, 0) is 0 Å². The van der Waals surface area contributed by atoms with Crippen molar-refractivity contribution in [3.05, 3.63) is 34.4 Å². The van der Waals surface area contributed by atoms with Crippen LogP contribution in [0.5, 0.6) is 0 Å². The van der Waals surface area contributed by atoms with Crippen LogP contribution in [0.15, 0.2) is 27.7 Å². The molecule has 0 radical (unpaired) electrons. The van der Waals surface area contributed by atoms with Crippen molar-refractivity contribution >= 4 is 16.9 Å². The first-order chi connectivity index (χ1) is 6.66. The monoisotopic (exact) mass is 193 g/mol. The summed E-state index contributed by atoms with van der Waals surface area (Å²) in [4.78, 5) is 23.8. The SMILES string of the molecule is O=C(O)Cc1coc2cc(=O)[nH]cc12. The summed E-state index contributed by atoms with van der Waals surface area (Å²) in [5.74, 6) is -0.932. The Bertz CT molecular complexity index is 537. The molecule has 0 aliphatic rings. The molecule has 0 aliphatic heterocycles. The average molecular weight is 193 g/mol. The van der Waals surface area contributed by atoms with Gasteiger partial charge in [0.05, 0.1) is 12.7 Å². The van der Waals surface area contributed by atoms with E-state index in [-0.39, 0.29) is 12.0 Å². The fourth-order valence-corrected chi connectivity index (χ4v) is 1.30. The van der Waals surface area contributed by atoms with Gasteiger partial charge in [-0.2, -0.15) is 0 Å². The second-order valence-electron chi connectivity index (χ2n) is 2.91. The van der Waals surface area contributed by atoms with Crippen LogP contribution in [0.4, 0.5) is 0 Å². The van der Waals surface area contributed by atoms with E-state index in [0.29, 0.717) is 16.5 Å². The van der Waals surface area contributed by atoms with Crippen LogP contribution in [0, 0.1) is 0 Å². The number of hydrogen-bond donors (Lipinski definition) is 2. The number of carboxylic acid groups (broad SMARTS) is 1. The lowest BCUT2D eigenvalue weighted by molar-refractivity contribution is -0.136. The van der Waals surface area contributed by atoms with Gasteiger partial charge >= 0.3 is 5.97 Å². The molecule has 2 heterocycles. The maximum atomic E-state index is 10.9. The minimum Gasteiger partial charge on any atom is -0.481 e. The van der Waals surface area contributed by atoms with Crippen molar-refractivity contribution in [2.75, 3.05) is 0 Å². The van der Waals surface area contributed by atoms with Gasteiger partial charge in [0.1, 0.15) is 5.58 Å². The molecule has 2 N–H and O–H groups in total. The minimum absolute atomic E-state index is 0.112. The van der Waals surface area contributed by atoms with Gasteiger partial charge in [-0.3, -0.25) is 9.59 Å².